The zero-order chi connectivity index (χ0) is 19.6. The number of carbonyl (C=O) groups excluding carboxylic acids is 2. The summed E-state index contributed by atoms with van der Waals surface area (Å²) >= 11 is 0. The van der Waals surface area contributed by atoms with Crippen molar-refractivity contribution in [1.29, 1.82) is 0 Å². The van der Waals surface area contributed by atoms with E-state index in [9.17, 15) is 9.59 Å². The highest BCUT2D eigenvalue weighted by Crippen LogP contribution is 2.13. The highest BCUT2D eigenvalue weighted by molar-refractivity contribution is 5.92. The number of ether oxygens (including phenoxy) is 1. The molecule has 0 heterocycles. The van der Waals surface area contributed by atoms with Gasteiger partial charge in [0, 0.05) is 23.9 Å². The largest absolute Gasteiger partial charge is 0.490 e. The van der Waals surface area contributed by atoms with E-state index in [4.69, 9.17) is 4.74 Å². The lowest BCUT2D eigenvalue weighted by Crippen LogP contribution is -3.08. The van der Waals surface area contributed by atoms with Gasteiger partial charge in [-0.3, -0.25) is 9.59 Å². The number of likely N-dealkylation sites (N-methyl/N-ethyl adjacent to an activating group) is 1. The molecule has 0 aliphatic rings. The molecular weight excluding hydrogens is 342 g/mol. The van der Waals surface area contributed by atoms with Crippen LogP contribution < -0.4 is 20.3 Å². The van der Waals surface area contributed by atoms with Gasteiger partial charge in [0.1, 0.15) is 18.9 Å². The fourth-order valence-corrected chi connectivity index (χ4v) is 2.59. The van der Waals surface area contributed by atoms with E-state index in [0.717, 1.165) is 22.8 Å². The Bertz CT molecular complexity index is 770. The molecule has 2 rings (SSSR count). The summed E-state index contributed by atoms with van der Waals surface area (Å²) in [5, 5.41) is 5.56. The van der Waals surface area contributed by atoms with Gasteiger partial charge in [0.05, 0.1) is 7.05 Å². The van der Waals surface area contributed by atoms with Gasteiger partial charge >= 0.3 is 0 Å². The Kier molecular flexibility index (Phi) is 7.58. The van der Waals surface area contributed by atoms with Crippen molar-refractivity contribution >= 4 is 23.2 Å². The van der Waals surface area contributed by atoms with E-state index in [1.54, 1.807) is 30.3 Å². The van der Waals surface area contributed by atoms with Crippen molar-refractivity contribution in [2.45, 2.75) is 13.5 Å². The number of rotatable bonds is 9. The van der Waals surface area contributed by atoms with Crippen LogP contribution in [-0.4, -0.2) is 32.0 Å². The quantitative estimate of drug-likeness (QED) is 0.592. The number of amides is 2. The lowest BCUT2D eigenvalue weighted by molar-refractivity contribution is -0.885. The molecule has 2 aromatic rings. The lowest BCUT2D eigenvalue weighted by atomic mass is 10.2. The first-order valence-electron chi connectivity index (χ1n) is 8.77. The Morgan fingerprint density at radius 2 is 1.63 bits per heavy atom. The van der Waals surface area contributed by atoms with Gasteiger partial charge < -0.3 is 20.3 Å². The minimum absolute atomic E-state index is 0.0642. The molecule has 2 amide bonds. The Morgan fingerprint density at radius 1 is 1.04 bits per heavy atom. The second-order valence-corrected chi connectivity index (χ2v) is 6.36. The molecular formula is C21H26N3O3+. The third-order valence-corrected chi connectivity index (χ3v) is 3.75. The normalized spacial score (nSPS) is 11.3. The maximum absolute atomic E-state index is 12.2. The topological polar surface area (TPSA) is 71.9 Å². The second-order valence-electron chi connectivity index (χ2n) is 6.36. The van der Waals surface area contributed by atoms with Crippen LogP contribution in [0.3, 0.4) is 0 Å². The van der Waals surface area contributed by atoms with Crippen LogP contribution in [0, 0.1) is 0 Å². The van der Waals surface area contributed by atoms with Crippen LogP contribution in [-0.2, 0) is 16.1 Å². The second kappa shape index (κ2) is 10.1. The van der Waals surface area contributed by atoms with Crippen LogP contribution in [0.15, 0.2) is 61.2 Å². The minimum Gasteiger partial charge on any atom is -0.490 e. The summed E-state index contributed by atoms with van der Waals surface area (Å²) in [5.41, 5.74) is 2.53. The molecule has 0 fully saturated rings. The summed E-state index contributed by atoms with van der Waals surface area (Å²) in [5.74, 6) is 0.611. The predicted octanol–water partition coefficient (Wildman–Crippen LogP) is 1.86. The first-order valence-corrected chi connectivity index (χ1v) is 8.77. The Balaban J connectivity index is 1.80. The average molecular weight is 368 g/mol. The van der Waals surface area contributed by atoms with E-state index in [0.29, 0.717) is 24.5 Å². The van der Waals surface area contributed by atoms with Crippen molar-refractivity contribution in [3.05, 3.63) is 66.7 Å². The molecule has 2 aromatic carbocycles. The Morgan fingerprint density at radius 3 is 2.19 bits per heavy atom. The smallest absolute Gasteiger partial charge is 0.279 e. The number of carbonyl (C=O) groups is 2. The summed E-state index contributed by atoms with van der Waals surface area (Å²) in [6, 6.07) is 14.9. The zero-order valence-corrected chi connectivity index (χ0v) is 15.7. The van der Waals surface area contributed by atoms with Gasteiger partial charge in [0.2, 0.25) is 5.91 Å². The van der Waals surface area contributed by atoms with Crippen LogP contribution in [0.4, 0.5) is 11.4 Å². The highest BCUT2D eigenvalue weighted by atomic mass is 16.5. The molecule has 0 saturated carbocycles. The lowest BCUT2D eigenvalue weighted by Gasteiger charge is -2.14. The molecule has 1 unspecified atom stereocenters. The van der Waals surface area contributed by atoms with Crippen molar-refractivity contribution in [2.24, 2.45) is 0 Å². The summed E-state index contributed by atoms with van der Waals surface area (Å²) in [6.07, 6.45) is 1.71. The molecule has 0 radical (unpaired) electrons. The van der Waals surface area contributed by atoms with Crippen LogP contribution in [0.25, 0.3) is 0 Å². The number of anilines is 2. The number of benzene rings is 2. The number of hydrogen-bond donors (Lipinski definition) is 3. The molecule has 27 heavy (non-hydrogen) atoms. The van der Waals surface area contributed by atoms with Crippen molar-refractivity contribution < 1.29 is 19.2 Å². The fraction of sp³-hybridized carbons (Fsp3) is 0.238. The van der Waals surface area contributed by atoms with Gasteiger partial charge in [-0.15, -0.1) is 0 Å². The molecule has 6 heteroatoms. The summed E-state index contributed by atoms with van der Waals surface area (Å²) in [6.45, 7) is 6.64. The maximum Gasteiger partial charge on any atom is 0.279 e. The first kappa shape index (κ1) is 20.2. The predicted molar refractivity (Wildman–Crippen MR) is 107 cm³/mol. The van der Waals surface area contributed by atoms with Crippen molar-refractivity contribution in [3.8, 4) is 5.75 Å². The van der Waals surface area contributed by atoms with Gasteiger partial charge in [-0.25, -0.2) is 0 Å². The number of hydrogen-bond acceptors (Lipinski definition) is 3. The van der Waals surface area contributed by atoms with E-state index >= 15 is 0 Å². The SMILES string of the molecule is C=CCOc1ccc(C[NH+](C)CC(=O)Nc2ccc(NC(C)=O)cc2)cc1. The van der Waals surface area contributed by atoms with Crippen LogP contribution in [0.5, 0.6) is 5.75 Å². The number of quaternary nitrogens is 1. The summed E-state index contributed by atoms with van der Waals surface area (Å²) in [7, 11) is 1.97. The third kappa shape index (κ3) is 7.33. The molecule has 142 valence electrons. The summed E-state index contributed by atoms with van der Waals surface area (Å²) < 4.78 is 5.46. The fourth-order valence-electron chi connectivity index (χ4n) is 2.59. The van der Waals surface area contributed by atoms with Gasteiger partial charge in [0.15, 0.2) is 6.54 Å². The van der Waals surface area contributed by atoms with Crippen LogP contribution >= 0.6 is 0 Å². The maximum atomic E-state index is 12.2. The van der Waals surface area contributed by atoms with Crippen molar-refractivity contribution in [1.82, 2.24) is 0 Å². The molecule has 0 aromatic heterocycles. The highest BCUT2D eigenvalue weighted by Gasteiger charge is 2.11. The molecule has 3 N–H and O–H groups in total. The molecule has 0 spiro atoms. The molecule has 0 aliphatic heterocycles. The van der Waals surface area contributed by atoms with E-state index in [1.807, 2.05) is 31.3 Å². The van der Waals surface area contributed by atoms with Gasteiger partial charge in [-0.1, -0.05) is 12.7 Å². The summed E-state index contributed by atoms with van der Waals surface area (Å²) in [4.78, 5) is 24.3. The molecule has 6 nitrogen and oxygen atoms in total. The van der Waals surface area contributed by atoms with Gasteiger partial charge in [0.25, 0.3) is 5.91 Å². The van der Waals surface area contributed by atoms with Crippen LogP contribution in [0.2, 0.25) is 0 Å². The van der Waals surface area contributed by atoms with E-state index in [1.165, 1.54) is 6.92 Å². The third-order valence-electron chi connectivity index (χ3n) is 3.75. The van der Waals surface area contributed by atoms with Gasteiger partial charge in [-0.2, -0.15) is 0 Å². The Labute approximate surface area is 159 Å². The monoisotopic (exact) mass is 368 g/mol. The zero-order valence-electron chi connectivity index (χ0n) is 15.7. The molecule has 0 aliphatic carbocycles. The van der Waals surface area contributed by atoms with E-state index in [2.05, 4.69) is 17.2 Å². The van der Waals surface area contributed by atoms with Gasteiger partial charge in [-0.05, 0) is 48.5 Å². The average Bonchev–Trinajstić information content (AvgIpc) is 2.62. The number of nitrogens with one attached hydrogen (secondary N) is 3. The van der Waals surface area contributed by atoms with Crippen molar-refractivity contribution in [2.75, 3.05) is 30.8 Å². The van der Waals surface area contributed by atoms with E-state index < -0.39 is 0 Å². The van der Waals surface area contributed by atoms with Crippen LogP contribution in [0.1, 0.15) is 12.5 Å². The molecule has 1 atom stereocenters. The first-order chi connectivity index (χ1) is 13.0. The van der Waals surface area contributed by atoms with E-state index in [-0.39, 0.29) is 11.8 Å². The Hall–Kier alpha value is -3.12. The molecule has 0 bridgehead atoms. The standard InChI is InChI=1S/C21H25N3O3/c1-4-13-27-20-11-5-17(6-12-20)14-24(3)15-21(26)23-19-9-7-18(8-10-19)22-16(2)25/h4-12H,1,13-15H2,2-3H3,(H,22,25)(H,23,26)/p+1. The minimum atomic E-state index is -0.127. The van der Waals surface area contributed by atoms with Crippen molar-refractivity contribution in [3.63, 3.8) is 0 Å². The molecule has 0 saturated heterocycles.